The molecule has 1 unspecified atom stereocenters. The number of aryl methyl sites for hydroxylation is 1. The molecule has 0 spiro atoms. The molecule has 2 aromatic rings. The molecule has 2 N–H and O–H groups in total. The summed E-state index contributed by atoms with van der Waals surface area (Å²) in [5.74, 6) is 0.972. The van der Waals surface area contributed by atoms with Crippen LogP contribution in [0.4, 0.5) is 0 Å². The van der Waals surface area contributed by atoms with Gasteiger partial charge in [-0.05, 0) is 25.0 Å². The lowest BCUT2D eigenvalue weighted by Gasteiger charge is -2.07. The lowest BCUT2D eigenvalue weighted by molar-refractivity contribution is 0.497. The van der Waals surface area contributed by atoms with Crippen molar-refractivity contribution in [2.45, 2.75) is 38.6 Å². The van der Waals surface area contributed by atoms with Gasteiger partial charge in [-0.1, -0.05) is 37.1 Å². The van der Waals surface area contributed by atoms with Crippen molar-refractivity contribution in [2.24, 2.45) is 5.73 Å². The number of rotatable bonds is 5. The Morgan fingerprint density at radius 2 is 2.18 bits per heavy atom. The predicted octanol–water partition coefficient (Wildman–Crippen LogP) is 4.15. The number of furan rings is 1. The monoisotopic (exact) mass is 251 g/mol. The van der Waals surface area contributed by atoms with E-state index < -0.39 is 0 Å². The Labute approximate surface area is 107 Å². The summed E-state index contributed by atoms with van der Waals surface area (Å²) in [5, 5.41) is 1.74. The van der Waals surface area contributed by atoms with Gasteiger partial charge in [-0.2, -0.15) is 0 Å². The molecule has 1 atom stereocenters. The number of para-hydroxylation sites is 1. The molecule has 0 aliphatic rings. The van der Waals surface area contributed by atoms with Crippen molar-refractivity contribution in [3.8, 4) is 0 Å². The Hall–Kier alpha value is -0.990. The van der Waals surface area contributed by atoms with Crippen molar-refractivity contribution >= 4 is 22.6 Å². The molecule has 1 aromatic carbocycles. The van der Waals surface area contributed by atoms with Crippen molar-refractivity contribution < 1.29 is 4.42 Å². The van der Waals surface area contributed by atoms with Crippen LogP contribution in [-0.2, 0) is 6.42 Å². The third-order valence-electron chi connectivity index (χ3n) is 2.97. The van der Waals surface area contributed by atoms with E-state index in [1.54, 1.807) is 0 Å². The molecule has 0 amide bonds. The number of hydrogen-bond donors (Lipinski definition) is 1. The predicted molar refractivity (Wildman–Crippen MR) is 72.4 cm³/mol. The molecule has 2 rings (SSSR count). The van der Waals surface area contributed by atoms with Crippen LogP contribution in [0.25, 0.3) is 11.0 Å². The second-order valence-corrected chi connectivity index (χ2v) is 4.87. The molecule has 3 heteroatoms. The van der Waals surface area contributed by atoms with E-state index in [1.807, 2.05) is 18.2 Å². The maximum absolute atomic E-state index is 6.06. The summed E-state index contributed by atoms with van der Waals surface area (Å²) in [4.78, 5) is 0. The van der Waals surface area contributed by atoms with Crippen molar-refractivity contribution in [3.63, 3.8) is 0 Å². The lowest BCUT2D eigenvalue weighted by Crippen LogP contribution is -2.19. The fourth-order valence-electron chi connectivity index (χ4n) is 2.05. The van der Waals surface area contributed by atoms with E-state index in [0.717, 1.165) is 42.4 Å². The lowest BCUT2D eigenvalue weighted by atomic mass is 10.1. The van der Waals surface area contributed by atoms with E-state index in [4.69, 9.17) is 21.8 Å². The summed E-state index contributed by atoms with van der Waals surface area (Å²) < 4.78 is 5.74. The highest BCUT2D eigenvalue weighted by molar-refractivity contribution is 6.34. The van der Waals surface area contributed by atoms with E-state index in [0.29, 0.717) is 5.02 Å². The second kappa shape index (κ2) is 5.56. The Morgan fingerprint density at radius 1 is 1.35 bits per heavy atom. The Bertz CT molecular complexity index is 492. The van der Waals surface area contributed by atoms with Gasteiger partial charge in [0.05, 0.1) is 5.02 Å². The normalized spacial score (nSPS) is 13.1. The molecule has 0 aliphatic heterocycles. The number of benzene rings is 1. The van der Waals surface area contributed by atoms with E-state index in [9.17, 15) is 0 Å². The van der Waals surface area contributed by atoms with Gasteiger partial charge in [-0.25, -0.2) is 0 Å². The highest BCUT2D eigenvalue weighted by Gasteiger charge is 2.08. The SMILES string of the molecule is CCCC(N)CCc1cc2cccc(Cl)c2o1. The first kappa shape index (κ1) is 12.5. The Balaban J connectivity index is 2.07. The van der Waals surface area contributed by atoms with Crippen LogP contribution in [-0.4, -0.2) is 6.04 Å². The van der Waals surface area contributed by atoms with E-state index in [1.165, 1.54) is 0 Å². The summed E-state index contributed by atoms with van der Waals surface area (Å²) in [5.41, 5.74) is 6.77. The first-order chi connectivity index (χ1) is 8.20. The molecule has 0 saturated carbocycles. The van der Waals surface area contributed by atoms with Crippen LogP contribution in [0.15, 0.2) is 28.7 Å². The van der Waals surface area contributed by atoms with Crippen molar-refractivity contribution in [2.75, 3.05) is 0 Å². The minimum absolute atomic E-state index is 0.267. The van der Waals surface area contributed by atoms with Gasteiger partial charge < -0.3 is 10.2 Å². The topological polar surface area (TPSA) is 39.2 Å². The van der Waals surface area contributed by atoms with Crippen molar-refractivity contribution in [3.05, 3.63) is 35.0 Å². The first-order valence-electron chi connectivity index (χ1n) is 6.13. The first-order valence-corrected chi connectivity index (χ1v) is 6.51. The van der Waals surface area contributed by atoms with Crippen LogP contribution in [0.5, 0.6) is 0 Å². The fourth-order valence-corrected chi connectivity index (χ4v) is 2.27. The standard InChI is InChI=1S/C14H18ClNO/c1-2-4-11(16)7-8-12-9-10-5-3-6-13(15)14(10)17-12/h3,5-6,9,11H,2,4,7-8,16H2,1H3. The van der Waals surface area contributed by atoms with Crippen LogP contribution in [0.1, 0.15) is 31.9 Å². The average Bonchev–Trinajstić information content (AvgIpc) is 2.71. The molecule has 2 nitrogen and oxygen atoms in total. The summed E-state index contributed by atoms with van der Waals surface area (Å²) in [6.45, 7) is 2.15. The van der Waals surface area contributed by atoms with Crippen molar-refractivity contribution in [1.82, 2.24) is 0 Å². The smallest absolute Gasteiger partial charge is 0.152 e. The highest BCUT2D eigenvalue weighted by atomic mass is 35.5. The molecule has 1 heterocycles. The van der Waals surface area contributed by atoms with Gasteiger partial charge >= 0.3 is 0 Å². The van der Waals surface area contributed by atoms with E-state index >= 15 is 0 Å². The van der Waals surface area contributed by atoms with E-state index in [-0.39, 0.29) is 6.04 Å². The molecule has 0 radical (unpaired) electrons. The molecule has 92 valence electrons. The highest BCUT2D eigenvalue weighted by Crippen LogP contribution is 2.27. The summed E-state index contributed by atoms with van der Waals surface area (Å²) in [6, 6.07) is 8.12. The van der Waals surface area contributed by atoms with Crippen LogP contribution in [0, 0.1) is 0 Å². The number of fused-ring (bicyclic) bond motifs is 1. The van der Waals surface area contributed by atoms with Crippen LogP contribution < -0.4 is 5.73 Å². The maximum Gasteiger partial charge on any atom is 0.152 e. The zero-order valence-corrected chi connectivity index (χ0v) is 10.8. The molecule has 17 heavy (non-hydrogen) atoms. The molecular formula is C14H18ClNO. The fraction of sp³-hybridized carbons (Fsp3) is 0.429. The molecule has 0 saturated heterocycles. The number of halogens is 1. The zero-order valence-electron chi connectivity index (χ0n) is 10.1. The number of nitrogens with two attached hydrogens (primary N) is 1. The summed E-state index contributed by atoms with van der Waals surface area (Å²) >= 11 is 6.06. The van der Waals surface area contributed by atoms with E-state index in [2.05, 4.69) is 13.0 Å². The number of hydrogen-bond acceptors (Lipinski definition) is 2. The molecule has 1 aromatic heterocycles. The van der Waals surface area contributed by atoms with Gasteiger partial charge in [0.2, 0.25) is 0 Å². The van der Waals surface area contributed by atoms with Crippen LogP contribution >= 0.6 is 11.6 Å². The Morgan fingerprint density at radius 3 is 2.88 bits per heavy atom. The zero-order chi connectivity index (χ0) is 12.3. The largest absolute Gasteiger partial charge is 0.460 e. The van der Waals surface area contributed by atoms with Gasteiger partial charge in [-0.3, -0.25) is 0 Å². The third kappa shape index (κ3) is 3.02. The minimum atomic E-state index is 0.267. The molecule has 0 bridgehead atoms. The summed E-state index contributed by atoms with van der Waals surface area (Å²) in [7, 11) is 0. The van der Waals surface area contributed by atoms with Crippen LogP contribution in [0.2, 0.25) is 5.02 Å². The minimum Gasteiger partial charge on any atom is -0.460 e. The quantitative estimate of drug-likeness (QED) is 0.867. The molecular weight excluding hydrogens is 234 g/mol. The van der Waals surface area contributed by atoms with Gasteiger partial charge in [0.25, 0.3) is 0 Å². The second-order valence-electron chi connectivity index (χ2n) is 4.46. The molecule has 0 aliphatic carbocycles. The van der Waals surface area contributed by atoms with Gasteiger partial charge in [0, 0.05) is 17.8 Å². The van der Waals surface area contributed by atoms with Gasteiger partial charge in [-0.15, -0.1) is 0 Å². The summed E-state index contributed by atoms with van der Waals surface area (Å²) in [6.07, 6.45) is 4.05. The van der Waals surface area contributed by atoms with Crippen molar-refractivity contribution in [1.29, 1.82) is 0 Å². The van der Waals surface area contributed by atoms with Gasteiger partial charge in [0.1, 0.15) is 5.76 Å². The third-order valence-corrected chi connectivity index (χ3v) is 3.27. The van der Waals surface area contributed by atoms with Crippen LogP contribution in [0.3, 0.4) is 0 Å². The maximum atomic E-state index is 6.06. The Kier molecular flexibility index (Phi) is 4.08. The average molecular weight is 252 g/mol. The molecule has 0 fully saturated rings. The van der Waals surface area contributed by atoms with Gasteiger partial charge in [0.15, 0.2) is 5.58 Å².